The fraction of sp³-hybridized carbons (Fsp3) is 0.938. The van der Waals surface area contributed by atoms with E-state index in [0.717, 1.165) is 51.9 Å². The van der Waals surface area contributed by atoms with Crippen LogP contribution in [0.25, 0.3) is 0 Å². The first-order chi connectivity index (χ1) is 8.99. The second-order valence-electron chi connectivity index (χ2n) is 7.27. The van der Waals surface area contributed by atoms with Crippen LogP contribution in [0.3, 0.4) is 0 Å². The van der Waals surface area contributed by atoms with Gasteiger partial charge in [0.25, 0.3) is 0 Å². The molecule has 2 heterocycles. The van der Waals surface area contributed by atoms with Gasteiger partial charge in [-0.3, -0.25) is 4.79 Å². The van der Waals surface area contributed by atoms with Crippen molar-refractivity contribution in [2.24, 2.45) is 10.8 Å². The number of likely N-dealkylation sites (tertiary alicyclic amines) is 1. The summed E-state index contributed by atoms with van der Waals surface area (Å²) < 4.78 is 0. The van der Waals surface area contributed by atoms with Gasteiger partial charge >= 0.3 is 0 Å². The van der Waals surface area contributed by atoms with Crippen molar-refractivity contribution in [2.45, 2.75) is 59.3 Å². The highest BCUT2D eigenvalue weighted by atomic mass is 16.2. The maximum Gasteiger partial charge on any atom is 0.228 e. The Morgan fingerprint density at radius 1 is 1.21 bits per heavy atom. The molecule has 0 aromatic rings. The number of rotatable bonds is 3. The Labute approximate surface area is 118 Å². The third kappa shape index (κ3) is 3.31. The summed E-state index contributed by atoms with van der Waals surface area (Å²) in [5, 5.41) is 3.40. The molecule has 110 valence electrons. The number of piperidine rings is 2. The van der Waals surface area contributed by atoms with Crippen LogP contribution in [0.15, 0.2) is 0 Å². The highest BCUT2D eigenvalue weighted by molar-refractivity contribution is 5.83. The fourth-order valence-corrected chi connectivity index (χ4v) is 3.89. The van der Waals surface area contributed by atoms with E-state index in [4.69, 9.17) is 0 Å². The molecule has 0 aliphatic carbocycles. The second kappa shape index (κ2) is 5.82. The molecule has 0 saturated carbocycles. The minimum absolute atomic E-state index is 0.0621. The average Bonchev–Trinajstić information content (AvgIpc) is 2.38. The average molecular weight is 266 g/mol. The molecule has 1 N–H and O–H groups in total. The van der Waals surface area contributed by atoms with Crippen molar-refractivity contribution in [1.82, 2.24) is 10.2 Å². The minimum atomic E-state index is -0.0621. The third-order valence-corrected chi connectivity index (χ3v) is 4.93. The Morgan fingerprint density at radius 2 is 1.89 bits per heavy atom. The molecule has 0 radical (unpaired) electrons. The van der Waals surface area contributed by atoms with E-state index in [9.17, 15) is 4.79 Å². The van der Waals surface area contributed by atoms with Gasteiger partial charge in [0.15, 0.2) is 0 Å². The van der Waals surface area contributed by atoms with Crippen molar-refractivity contribution in [2.75, 3.05) is 26.2 Å². The lowest BCUT2D eigenvalue weighted by atomic mass is 9.73. The van der Waals surface area contributed by atoms with E-state index in [0.29, 0.717) is 11.3 Å². The van der Waals surface area contributed by atoms with Crippen LogP contribution in [0.4, 0.5) is 0 Å². The number of carbonyl (C=O) groups excluding carboxylic acids is 1. The van der Waals surface area contributed by atoms with Gasteiger partial charge in [-0.05, 0) is 50.6 Å². The molecule has 2 rings (SSSR count). The number of hydrogen-bond donors (Lipinski definition) is 1. The Hall–Kier alpha value is -0.570. The van der Waals surface area contributed by atoms with Crippen molar-refractivity contribution < 1.29 is 4.79 Å². The van der Waals surface area contributed by atoms with E-state index < -0.39 is 0 Å². The Morgan fingerprint density at radius 3 is 2.47 bits per heavy atom. The van der Waals surface area contributed by atoms with Crippen molar-refractivity contribution in [3.8, 4) is 0 Å². The molecule has 2 aliphatic rings. The van der Waals surface area contributed by atoms with Crippen molar-refractivity contribution >= 4 is 5.91 Å². The zero-order valence-electron chi connectivity index (χ0n) is 12.9. The van der Waals surface area contributed by atoms with Crippen molar-refractivity contribution in [1.29, 1.82) is 0 Å². The third-order valence-electron chi connectivity index (χ3n) is 4.93. The number of nitrogens with zero attached hydrogens (tertiary/aromatic N) is 1. The molecule has 0 atom stereocenters. The first-order valence-electron chi connectivity index (χ1n) is 7.99. The smallest absolute Gasteiger partial charge is 0.228 e. The topological polar surface area (TPSA) is 32.3 Å². The van der Waals surface area contributed by atoms with Crippen LogP contribution < -0.4 is 5.32 Å². The summed E-state index contributed by atoms with van der Waals surface area (Å²) in [6.07, 6.45) is 6.64. The lowest BCUT2D eigenvalue weighted by molar-refractivity contribution is -0.147. The van der Waals surface area contributed by atoms with Crippen molar-refractivity contribution in [3.63, 3.8) is 0 Å². The van der Waals surface area contributed by atoms with Gasteiger partial charge in [-0.2, -0.15) is 0 Å². The highest BCUT2D eigenvalue weighted by Crippen LogP contribution is 2.38. The number of hydrogen-bond acceptors (Lipinski definition) is 2. The summed E-state index contributed by atoms with van der Waals surface area (Å²) in [4.78, 5) is 15.2. The van der Waals surface area contributed by atoms with Crippen LogP contribution in [0, 0.1) is 10.8 Å². The normalized spacial score (nSPS) is 26.2. The largest absolute Gasteiger partial charge is 0.342 e. The molecule has 0 aromatic carbocycles. The monoisotopic (exact) mass is 266 g/mol. The molecular formula is C16H30N2O. The molecule has 2 aliphatic heterocycles. The lowest BCUT2D eigenvalue weighted by Gasteiger charge is -2.45. The SMILES string of the molecule is CCCC1(C(=O)N2CCCC(C)(C)C2)CCNCC1. The summed E-state index contributed by atoms with van der Waals surface area (Å²) in [6.45, 7) is 10.7. The Bertz CT molecular complexity index is 313. The van der Waals surface area contributed by atoms with Crippen LogP contribution in [0.5, 0.6) is 0 Å². The molecule has 19 heavy (non-hydrogen) atoms. The molecular weight excluding hydrogens is 236 g/mol. The molecule has 3 heteroatoms. The molecule has 3 nitrogen and oxygen atoms in total. The van der Waals surface area contributed by atoms with Gasteiger partial charge in [-0.25, -0.2) is 0 Å². The first kappa shape index (κ1) is 14.8. The van der Waals surface area contributed by atoms with Crippen LogP contribution in [0.1, 0.15) is 59.3 Å². The van der Waals surface area contributed by atoms with Crippen molar-refractivity contribution in [3.05, 3.63) is 0 Å². The Balaban J connectivity index is 2.10. The summed E-state index contributed by atoms with van der Waals surface area (Å²) in [5.41, 5.74) is 0.238. The quantitative estimate of drug-likeness (QED) is 0.852. The number of nitrogens with one attached hydrogen (secondary N) is 1. The van der Waals surface area contributed by atoms with E-state index >= 15 is 0 Å². The van der Waals surface area contributed by atoms with E-state index in [2.05, 4.69) is 31.0 Å². The highest BCUT2D eigenvalue weighted by Gasteiger charge is 2.43. The van der Waals surface area contributed by atoms with Gasteiger partial charge in [-0.15, -0.1) is 0 Å². The minimum Gasteiger partial charge on any atom is -0.342 e. The second-order valence-corrected chi connectivity index (χ2v) is 7.27. The van der Waals surface area contributed by atoms with Gasteiger partial charge in [-0.1, -0.05) is 27.2 Å². The Kier molecular flexibility index (Phi) is 4.54. The summed E-state index contributed by atoms with van der Waals surface area (Å²) in [7, 11) is 0. The molecule has 0 unspecified atom stereocenters. The number of amides is 1. The van der Waals surface area contributed by atoms with Crippen LogP contribution in [0.2, 0.25) is 0 Å². The predicted molar refractivity (Wildman–Crippen MR) is 79.0 cm³/mol. The standard InChI is InChI=1S/C16H30N2O/c1-4-6-16(8-10-17-11-9-16)14(19)18-12-5-7-15(2,3)13-18/h17H,4-13H2,1-3H3. The van der Waals surface area contributed by atoms with E-state index in [1.165, 1.54) is 12.8 Å². The van der Waals surface area contributed by atoms with Gasteiger partial charge < -0.3 is 10.2 Å². The molecule has 2 saturated heterocycles. The maximum absolute atomic E-state index is 13.1. The predicted octanol–water partition coefficient (Wildman–Crippen LogP) is 2.80. The lowest BCUT2D eigenvalue weighted by Crippen LogP contribution is -2.53. The maximum atomic E-state index is 13.1. The first-order valence-corrected chi connectivity index (χ1v) is 7.99. The van der Waals surface area contributed by atoms with Gasteiger partial charge in [0.05, 0.1) is 5.41 Å². The zero-order chi connectivity index (χ0) is 13.9. The summed E-state index contributed by atoms with van der Waals surface area (Å²) in [6, 6.07) is 0. The van der Waals surface area contributed by atoms with Crippen LogP contribution in [-0.2, 0) is 4.79 Å². The van der Waals surface area contributed by atoms with Crippen LogP contribution in [-0.4, -0.2) is 37.0 Å². The van der Waals surface area contributed by atoms with E-state index in [1.54, 1.807) is 0 Å². The van der Waals surface area contributed by atoms with Gasteiger partial charge in [0, 0.05) is 13.1 Å². The fourth-order valence-electron chi connectivity index (χ4n) is 3.89. The van der Waals surface area contributed by atoms with Gasteiger partial charge in [0.1, 0.15) is 0 Å². The van der Waals surface area contributed by atoms with Gasteiger partial charge in [0.2, 0.25) is 5.91 Å². The van der Waals surface area contributed by atoms with E-state index in [-0.39, 0.29) is 5.41 Å². The molecule has 2 fully saturated rings. The summed E-state index contributed by atoms with van der Waals surface area (Å²) >= 11 is 0. The van der Waals surface area contributed by atoms with Crippen LogP contribution >= 0.6 is 0 Å². The molecule has 0 spiro atoms. The molecule has 1 amide bonds. The molecule has 0 aromatic heterocycles. The summed E-state index contributed by atoms with van der Waals surface area (Å²) in [5.74, 6) is 0.448. The zero-order valence-corrected chi connectivity index (χ0v) is 12.9. The van der Waals surface area contributed by atoms with E-state index in [1.807, 2.05) is 0 Å². The molecule has 0 bridgehead atoms. The number of carbonyl (C=O) groups is 1.